The zero-order chi connectivity index (χ0) is 13.3. The van der Waals surface area contributed by atoms with Crippen LogP contribution in [0, 0.1) is 0 Å². The van der Waals surface area contributed by atoms with Gasteiger partial charge in [-0.3, -0.25) is 4.79 Å². The number of rotatable bonds is 7. The molecule has 0 bridgehead atoms. The number of amides is 1. The first-order valence-corrected chi connectivity index (χ1v) is 5.94. The molecule has 1 N–H and O–H groups in total. The van der Waals surface area contributed by atoms with Crippen molar-refractivity contribution in [1.82, 2.24) is 5.32 Å². The Morgan fingerprint density at radius 3 is 2.47 bits per heavy atom. The van der Waals surface area contributed by atoms with E-state index in [0.29, 0.717) is 25.8 Å². The monoisotopic (exact) mass is 241 g/mol. The number of allylic oxidation sites excluding steroid dienone is 1. The molecule has 4 nitrogen and oxygen atoms in total. The predicted molar refractivity (Wildman–Crippen MR) is 67.9 cm³/mol. The number of Topliss-reactive ketones (excluding diaryl/α,β-unsaturated/α-hetero) is 1. The van der Waals surface area contributed by atoms with Gasteiger partial charge in [0.15, 0.2) is 0 Å². The first kappa shape index (κ1) is 15.7. The van der Waals surface area contributed by atoms with E-state index in [0.717, 1.165) is 6.42 Å². The highest BCUT2D eigenvalue weighted by Gasteiger charge is 2.15. The normalized spacial score (nSPS) is 10.8. The van der Waals surface area contributed by atoms with Crippen LogP contribution in [0.4, 0.5) is 4.79 Å². The number of nitrogens with one attached hydrogen (secondary N) is 1. The highest BCUT2D eigenvalue weighted by atomic mass is 16.6. The average molecular weight is 241 g/mol. The van der Waals surface area contributed by atoms with Crippen LogP contribution in [0.25, 0.3) is 0 Å². The Kier molecular flexibility index (Phi) is 7.26. The topological polar surface area (TPSA) is 55.4 Å². The lowest BCUT2D eigenvalue weighted by Crippen LogP contribution is -2.33. The fourth-order valence-electron chi connectivity index (χ4n) is 1.18. The standard InChI is InChI=1S/C13H23NO3/c1-5-6-8-11(15)9-7-10-14-12(16)17-13(2,3)4/h5H,1,6-10H2,2-4H3,(H,14,16). The molecular formula is C13H23NO3. The molecule has 0 aliphatic carbocycles. The van der Waals surface area contributed by atoms with Crippen molar-refractivity contribution in [2.24, 2.45) is 0 Å². The average Bonchev–Trinajstić information content (AvgIpc) is 2.19. The zero-order valence-corrected chi connectivity index (χ0v) is 11.0. The van der Waals surface area contributed by atoms with Crippen LogP contribution in [0.3, 0.4) is 0 Å². The predicted octanol–water partition coefficient (Wildman–Crippen LogP) is 2.83. The molecule has 0 aliphatic heterocycles. The van der Waals surface area contributed by atoms with Crippen molar-refractivity contribution in [2.45, 2.75) is 52.1 Å². The number of carbonyl (C=O) groups excluding carboxylic acids is 2. The van der Waals surface area contributed by atoms with E-state index < -0.39 is 11.7 Å². The van der Waals surface area contributed by atoms with Crippen LogP contribution >= 0.6 is 0 Å². The van der Waals surface area contributed by atoms with Crippen molar-refractivity contribution >= 4 is 11.9 Å². The van der Waals surface area contributed by atoms with Crippen LogP contribution in [-0.4, -0.2) is 24.0 Å². The Bertz CT molecular complexity index is 266. The molecule has 0 rings (SSSR count). The van der Waals surface area contributed by atoms with E-state index in [1.807, 2.05) is 20.8 Å². The van der Waals surface area contributed by atoms with Gasteiger partial charge in [-0.2, -0.15) is 0 Å². The van der Waals surface area contributed by atoms with Gasteiger partial charge in [0.1, 0.15) is 11.4 Å². The molecule has 0 radical (unpaired) electrons. The molecular weight excluding hydrogens is 218 g/mol. The molecule has 0 aliphatic rings. The Labute approximate surface area is 103 Å². The highest BCUT2D eigenvalue weighted by molar-refractivity contribution is 5.78. The van der Waals surface area contributed by atoms with Gasteiger partial charge in [0, 0.05) is 19.4 Å². The Morgan fingerprint density at radius 2 is 1.94 bits per heavy atom. The SMILES string of the molecule is C=CCCC(=O)CCCNC(=O)OC(C)(C)C. The van der Waals surface area contributed by atoms with E-state index in [4.69, 9.17) is 4.74 Å². The summed E-state index contributed by atoms with van der Waals surface area (Å²) in [6, 6.07) is 0. The Hall–Kier alpha value is -1.32. The van der Waals surface area contributed by atoms with Crippen molar-refractivity contribution < 1.29 is 14.3 Å². The molecule has 17 heavy (non-hydrogen) atoms. The number of alkyl carbamates (subject to hydrolysis) is 1. The summed E-state index contributed by atoms with van der Waals surface area (Å²) in [6.07, 6.45) is 3.69. The molecule has 98 valence electrons. The van der Waals surface area contributed by atoms with Crippen LogP contribution in [-0.2, 0) is 9.53 Å². The van der Waals surface area contributed by atoms with E-state index in [2.05, 4.69) is 11.9 Å². The Morgan fingerprint density at radius 1 is 1.29 bits per heavy atom. The van der Waals surface area contributed by atoms with Crippen LogP contribution in [0.2, 0.25) is 0 Å². The summed E-state index contributed by atoms with van der Waals surface area (Å²) in [4.78, 5) is 22.5. The van der Waals surface area contributed by atoms with Crippen molar-refractivity contribution in [2.75, 3.05) is 6.54 Å². The van der Waals surface area contributed by atoms with Crippen LogP contribution in [0.15, 0.2) is 12.7 Å². The molecule has 0 heterocycles. The minimum absolute atomic E-state index is 0.205. The van der Waals surface area contributed by atoms with E-state index in [1.54, 1.807) is 6.08 Å². The van der Waals surface area contributed by atoms with Gasteiger partial charge in [-0.1, -0.05) is 6.08 Å². The van der Waals surface area contributed by atoms with Crippen LogP contribution < -0.4 is 5.32 Å². The zero-order valence-electron chi connectivity index (χ0n) is 11.0. The van der Waals surface area contributed by atoms with Gasteiger partial charge in [0.05, 0.1) is 0 Å². The lowest BCUT2D eigenvalue weighted by molar-refractivity contribution is -0.119. The third kappa shape index (κ3) is 11.0. The van der Waals surface area contributed by atoms with Crippen molar-refractivity contribution in [3.05, 3.63) is 12.7 Å². The maximum absolute atomic E-state index is 11.3. The minimum atomic E-state index is -0.482. The first-order chi connectivity index (χ1) is 7.85. The second-order valence-electron chi connectivity index (χ2n) is 4.90. The second kappa shape index (κ2) is 7.87. The van der Waals surface area contributed by atoms with Crippen molar-refractivity contribution in [1.29, 1.82) is 0 Å². The number of carbonyl (C=O) groups is 2. The summed E-state index contributed by atoms with van der Waals surface area (Å²) < 4.78 is 5.06. The summed E-state index contributed by atoms with van der Waals surface area (Å²) >= 11 is 0. The largest absolute Gasteiger partial charge is 0.444 e. The third-order valence-electron chi connectivity index (χ3n) is 1.93. The van der Waals surface area contributed by atoms with E-state index in [-0.39, 0.29) is 5.78 Å². The fourth-order valence-corrected chi connectivity index (χ4v) is 1.18. The molecule has 4 heteroatoms. The van der Waals surface area contributed by atoms with Crippen LogP contribution in [0.5, 0.6) is 0 Å². The van der Waals surface area contributed by atoms with Crippen molar-refractivity contribution in [3.8, 4) is 0 Å². The first-order valence-electron chi connectivity index (χ1n) is 5.94. The molecule has 0 fully saturated rings. The molecule has 0 saturated heterocycles. The summed E-state index contributed by atoms with van der Waals surface area (Å²) in [5, 5.41) is 2.62. The summed E-state index contributed by atoms with van der Waals surface area (Å²) in [5.41, 5.74) is -0.482. The quantitative estimate of drug-likeness (QED) is 0.551. The lowest BCUT2D eigenvalue weighted by atomic mass is 10.1. The molecule has 0 aromatic heterocycles. The molecule has 0 aromatic rings. The summed E-state index contributed by atoms with van der Waals surface area (Å²) in [5.74, 6) is 0.205. The molecule has 0 atom stereocenters. The summed E-state index contributed by atoms with van der Waals surface area (Å²) in [7, 11) is 0. The van der Waals surface area contributed by atoms with E-state index in [9.17, 15) is 9.59 Å². The van der Waals surface area contributed by atoms with Crippen LogP contribution in [0.1, 0.15) is 46.5 Å². The molecule has 0 unspecified atom stereocenters. The minimum Gasteiger partial charge on any atom is -0.444 e. The van der Waals surface area contributed by atoms with Gasteiger partial charge in [0.2, 0.25) is 0 Å². The fraction of sp³-hybridized carbons (Fsp3) is 0.692. The van der Waals surface area contributed by atoms with Gasteiger partial charge in [-0.25, -0.2) is 4.79 Å². The molecule has 1 amide bonds. The van der Waals surface area contributed by atoms with Gasteiger partial charge in [0.25, 0.3) is 0 Å². The maximum Gasteiger partial charge on any atom is 0.407 e. The second-order valence-corrected chi connectivity index (χ2v) is 4.90. The number of ketones is 1. The molecule has 0 saturated carbocycles. The maximum atomic E-state index is 11.3. The Balaban J connectivity index is 3.54. The highest BCUT2D eigenvalue weighted by Crippen LogP contribution is 2.06. The number of ether oxygens (including phenoxy) is 1. The number of hydrogen-bond acceptors (Lipinski definition) is 3. The van der Waals surface area contributed by atoms with Gasteiger partial charge in [-0.15, -0.1) is 6.58 Å². The van der Waals surface area contributed by atoms with Crippen molar-refractivity contribution in [3.63, 3.8) is 0 Å². The summed E-state index contributed by atoms with van der Waals surface area (Å²) in [6.45, 7) is 9.46. The lowest BCUT2D eigenvalue weighted by Gasteiger charge is -2.19. The van der Waals surface area contributed by atoms with Gasteiger partial charge >= 0.3 is 6.09 Å². The van der Waals surface area contributed by atoms with Gasteiger partial charge in [-0.05, 0) is 33.6 Å². The number of hydrogen-bond donors (Lipinski definition) is 1. The van der Waals surface area contributed by atoms with E-state index >= 15 is 0 Å². The third-order valence-corrected chi connectivity index (χ3v) is 1.93. The van der Waals surface area contributed by atoms with Gasteiger partial charge < -0.3 is 10.1 Å². The van der Waals surface area contributed by atoms with E-state index in [1.165, 1.54) is 0 Å². The smallest absolute Gasteiger partial charge is 0.407 e. The molecule has 0 aromatic carbocycles. The molecule has 0 spiro atoms.